The van der Waals surface area contributed by atoms with E-state index in [4.69, 9.17) is 9.47 Å². The lowest BCUT2D eigenvalue weighted by Gasteiger charge is -2.28. The molecule has 2 amide bonds. The second-order valence-electron chi connectivity index (χ2n) is 8.00. The standard InChI is InChI=1S/C24H29N3O4/c1-17(2)15-27(22(14-25)19-9-6-5-7-10-19)24(29)31-21-12-8-11-20(13-21)26-23(28)30-16-18(3)4/h5-13,17-18,22H,15-16H2,1-4H3,(H,26,28). The molecule has 1 unspecified atom stereocenters. The maximum absolute atomic E-state index is 13.0. The van der Waals surface area contributed by atoms with Gasteiger partial charge in [-0.25, -0.2) is 9.59 Å². The van der Waals surface area contributed by atoms with Gasteiger partial charge in [-0.2, -0.15) is 5.26 Å². The number of rotatable bonds is 8. The number of benzene rings is 2. The molecule has 7 nitrogen and oxygen atoms in total. The molecule has 31 heavy (non-hydrogen) atoms. The highest BCUT2D eigenvalue weighted by atomic mass is 16.6. The molecule has 2 rings (SSSR count). The monoisotopic (exact) mass is 423 g/mol. The van der Waals surface area contributed by atoms with Crippen LogP contribution < -0.4 is 10.1 Å². The minimum Gasteiger partial charge on any atom is -0.449 e. The largest absolute Gasteiger partial charge is 0.449 e. The second kappa shape index (κ2) is 11.6. The third kappa shape index (κ3) is 7.67. The van der Waals surface area contributed by atoms with Crippen molar-refractivity contribution in [2.24, 2.45) is 11.8 Å². The fraction of sp³-hybridized carbons (Fsp3) is 0.375. The minimum atomic E-state index is -0.775. The first-order valence-electron chi connectivity index (χ1n) is 10.3. The number of ether oxygens (including phenoxy) is 2. The van der Waals surface area contributed by atoms with E-state index in [1.807, 2.05) is 58.0 Å². The summed E-state index contributed by atoms with van der Waals surface area (Å²) in [5, 5.41) is 12.4. The lowest BCUT2D eigenvalue weighted by molar-refractivity contribution is 0.135. The van der Waals surface area contributed by atoms with Crippen molar-refractivity contribution in [3.8, 4) is 11.8 Å². The van der Waals surface area contributed by atoms with Crippen molar-refractivity contribution in [2.75, 3.05) is 18.5 Å². The Kier molecular flexibility index (Phi) is 8.89. The van der Waals surface area contributed by atoms with Crippen LogP contribution in [0.3, 0.4) is 0 Å². The predicted molar refractivity (Wildman–Crippen MR) is 119 cm³/mol. The molecule has 0 aliphatic heterocycles. The van der Waals surface area contributed by atoms with E-state index >= 15 is 0 Å². The van der Waals surface area contributed by atoms with Crippen molar-refractivity contribution in [3.05, 3.63) is 60.2 Å². The van der Waals surface area contributed by atoms with Crippen LogP contribution in [0, 0.1) is 23.2 Å². The maximum atomic E-state index is 13.0. The molecular weight excluding hydrogens is 394 g/mol. The molecule has 0 saturated heterocycles. The molecule has 0 aromatic heterocycles. The van der Waals surface area contributed by atoms with Gasteiger partial charge in [0.25, 0.3) is 0 Å². The van der Waals surface area contributed by atoms with Gasteiger partial charge in [0.15, 0.2) is 0 Å². The van der Waals surface area contributed by atoms with Crippen LogP contribution >= 0.6 is 0 Å². The predicted octanol–water partition coefficient (Wildman–Crippen LogP) is 5.61. The summed E-state index contributed by atoms with van der Waals surface area (Å²) in [4.78, 5) is 26.3. The van der Waals surface area contributed by atoms with Gasteiger partial charge < -0.3 is 9.47 Å². The van der Waals surface area contributed by atoms with Crippen LogP contribution in [0.2, 0.25) is 0 Å². The molecule has 0 spiro atoms. The summed E-state index contributed by atoms with van der Waals surface area (Å²) in [6, 6.07) is 17.0. The number of hydrogen-bond donors (Lipinski definition) is 1. The van der Waals surface area contributed by atoms with Crippen LogP contribution in [0.5, 0.6) is 5.75 Å². The molecule has 7 heteroatoms. The van der Waals surface area contributed by atoms with E-state index in [-0.39, 0.29) is 17.6 Å². The summed E-state index contributed by atoms with van der Waals surface area (Å²) >= 11 is 0. The summed E-state index contributed by atoms with van der Waals surface area (Å²) in [6.45, 7) is 8.48. The molecule has 0 fully saturated rings. The Hall–Kier alpha value is -3.53. The molecule has 1 N–H and O–H groups in total. The fourth-order valence-corrected chi connectivity index (χ4v) is 2.83. The van der Waals surface area contributed by atoms with Gasteiger partial charge >= 0.3 is 12.2 Å². The fourth-order valence-electron chi connectivity index (χ4n) is 2.83. The van der Waals surface area contributed by atoms with Gasteiger partial charge in [-0.05, 0) is 29.5 Å². The number of hydrogen-bond acceptors (Lipinski definition) is 5. The Morgan fingerprint density at radius 2 is 1.74 bits per heavy atom. The smallest absolute Gasteiger partial charge is 0.416 e. The van der Waals surface area contributed by atoms with Crippen molar-refractivity contribution in [1.29, 1.82) is 5.26 Å². The lowest BCUT2D eigenvalue weighted by atomic mass is 10.1. The number of carbonyl (C=O) groups is 2. The Balaban J connectivity index is 2.14. The number of nitrogens with one attached hydrogen (secondary N) is 1. The van der Waals surface area contributed by atoms with Crippen LogP contribution in [0.25, 0.3) is 0 Å². The quantitative estimate of drug-likeness (QED) is 0.595. The number of carbonyl (C=O) groups excluding carboxylic acids is 2. The normalized spacial score (nSPS) is 11.5. The first-order valence-corrected chi connectivity index (χ1v) is 10.3. The average molecular weight is 424 g/mol. The van der Waals surface area contributed by atoms with Gasteiger partial charge in [-0.15, -0.1) is 0 Å². The molecule has 2 aromatic rings. The Morgan fingerprint density at radius 3 is 2.35 bits per heavy atom. The molecule has 1 atom stereocenters. The van der Waals surface area contributed by atoms with Crippen LogP contribution in [0.1, 0.15) is 39.3 Å². The molecule has 164 valence electrons. The van der Waals surface area contributed by atoms with E-state index in [2.05, 4.69) is 11.4 Å². The van der Waals surface area contributed by atoms with Crippen molar-refractivity contribution < 1.29 is 19.1 Å². The number of amides is 2. The highest BCUT2D eigenvalue weighted by Crippen LogP contribution is 2.24. The summed E-state index contributed by atoms with van der Waals surface area (Å²) in [5.41, 5.74) is 1.15. The molecular formula is C24H29N3O4. The minimum absolute atomic E-state index is 0.135. The van der Waals surface area contributed by atoms with Crippen molar-refractivity contribution in [1.82, 2.24) is 4.90 Å². The Morgan fingerprint density at radius 1 is 1.03 bits per heavy atom. The van der Waals surface area contributed by atoms with Gasteiger partial charge in [-0.3, -0.25) is 10.2 Å². The van der Waals surface area contributed by atoms with Crippen molar-refractivity contribution in [3.63, 3.8) is 0 Å². The molecule has 2 aromatic carbocycles. The zero-order chi connectivity index (χ0) is 22.8. The number of anilines is 1. The van der Waals surface area contributed by atoms with E-state index < -0.39 is 18.2 Å². The van der Waals surface area contributed by atoms with E-state index in [0.717, 1.165) is 0 Å². The summed E-state index contributed by atoms with van der Waals surface area (Å²) in [5.74, 6) is 0.615. The Labute approximate surface area is 183 Å². The van der Waals surface area contributed by atoms with Crippen LogP contribution in [-0.4, -0.2) is 30.2 Å². The van der Waals surface area contributed by atoms with Gasteiger partial charge in [0.1, 0.15) is 11.8 Å². The molecule has 0 aliphatic carbocycles. The van der Waals surface area contributed by atoms with E-state index in [0.29, 0.717) is 24.4 Å². The summed E-state index contributed by atoms with van der Waals surface area (Å²) in [7, 11) is 0. The zero-order valence-electron chi connectivity index (χ0n) is 18.4. The third-order valence-electron chi connectivity index (χ3n) is 4.18. The number of nitriles is 1. The molecule has 0 heterocycles. The van der Waals surface area contributed by atoms with Crippen LogP contribution in [0.15, 0.2) is 54.6 Å². The van der Waals surface area contributed by atoms with Gasteiger partial charge in [0.2, 0.25) is 0 Å². The van der Waals surface area contributed by atoms with E-state index in [1.165, 1.54) is 11.0 Å². The van der Waals surface area contributed by atoms with Gasteiger partial charge in [-0.1, -0.05) is 64.1 Å². The first-order chi connectivity index (χ1) is 14.8. The molecule has 0 bridgehead atoms. The van der Waals surface area contributed by atoms with E-state index in [1.54, 1.807) is 18.2 Å². The SMILES string of the molecule is CC(C)COC(=O)Nc1cccc(OC(=O)N(CC(C)C)C(C#N)c2ccccc2)c1. The average Bonchev–Trinajstić information content (AvgIpc) is 2.73. The molecule has 0 saturated carbocycles. The highest BCUT2D eigenvalue weighted by Gasteiger charge is 2.27. The van der Waals surface area contributed by atoms with Crippen LogP contribution in [-0.2, 0) is 4.74 Å². The second-order valence-corrected chi connectivity index (χ2v) is 8.00. The molecule has 0 aliphatic rings. The summed E-state index contributed by atoms with van der Waals surface area (Å²) < 4.78 is 10.6. The third-order valence-corrected chi connectivity index (χ3v) is 4.18. The molecule has 0 radical (unpaired) electrons. The van der Waals surface area contributed by atoms with Crippen LogP contribution in [0.4, 0.5) is 15.3 Å². The van der Waals surface area contributed by atoms with Gasteiger partial charge in [0.05, 0.1) is 12.7 Å². The lowest BCUT2D eigenvalue weighted by Crippen LogP contribution is -2.39. The van der Waals surface area contributed by atoms with Crippen molar-refractivity contribution in [2.45, 2.75) is 33.7 Å². The number of nitrogens with zero attached hydrogens (tertiary/aromatic N) is 2. The topological polar surface area (TPSA) is 91.7 Å². The maximum Gasteiger partial charge on any atom is 0.416 e. The zero-order valence-corrected chi connectivity index (χ0v) is 18.4. The van der Waals surface area contributed by atoms with E-state index in [9.17, 15) is 14.9 Å². The summed E-state index contributed by atoms with van der Waals surface area (Å²) in [6.07, 6.45) is -1.21. The van der Waals surface area contributed by atoms with Gasteiger partial charge in [0, 0.05) is 18.3 Å². The highest BCUT2D eigenvalue weighted by molar-refractivity contribution is 5.85. The van der Waals surface area contributed by atoms with Crippen molar-refractivity contribution >= 4 is 17.9 Å². The first kappa shape index (κ1) is 23.7. The Bertz CT molecular complexity index is 907.